The second kappa shape index (κ2) is 5.88. The Hall–Kier alpha value is -2.51. The Morgan fingerprint density at radius 1 is 1.12 bits per heavy atom. The van der Waals surface area contributed by atoms with Crippen molar-refractivity contribution in [3.05, 3.63) is 57.7 Å². The number of rotatable bonds is 1. The van der Waals surface area contributed by atoms with Gasteiger partial charge >= 0.3 is 6.18 Å². The number of azo groups is 1. The Bertz CT molecular complexity index is 1170. The fraction of sp³-hybridized carbons (Fsp3) is 0.542. The molecule has 8 heteroatoms. The fourth-order valence-corrected chi connectivity index (χ4v) is 6.46. The monoisotopic (exact) mass is 445 g/mol. The lowest BCUT2D eigenvalue weighted by molar-refractivity contribution is -0.175. The normalized spacial score (nSPS) is 31.6. The molecule has 32 heavy (non-hydrogen) atoms. The van der Waals surface area contributed by atoms with E-state index in [0.717, 1.165) is 0 Å². The lowest BCUT2D eigenvalue weighted by atomic mass is 9.59. The number of hydrogen-bond acceptors (Lipinski definition) is 4. The van der Waals surface area contributed by atoms with Crippen LogP contribution in [-0.4, -0.2) is 18.1 Å². The number of ketones is 1. The van der Waals surface area contributed by atoms with Gasteiger partial charge in [0.25, 0.3) is 0 Å². The summed E-state index contributed by atoms with van der Waals surface area (Å²) in [4.78, 5) is 13.6. The minimum Gasteiger partial charge on any atom is -0.362 e. The lowest BCUT2D eigenvalue weighted by Crippen LogP contribution is -2.51. The summed E-state index contributed by atoms with van der Waals surface area (Å²) >= 11 is 0. The van der Waals surface area contributed by atoms with Crippen molar-refractivity contribution in [2.75, 3.05) is 0 Å². The lowest BCUT2D eigenvalue weighted by Gasteiger charge is -2.47. The molecule has 1 aromatic carbocycles. The molecule has 2 aliphatic heterocycles. The van der Waals surface area contributed by atoms with Crippen LogP contribution in [0.1, 0.15) is 57.1 Å². The molecular formula is C24H23F4N3O. The summed E-state index contributed by atoms with van der Waals surface area (Å²) in [7, 11) is 0. The van der Waals surface area contributed by atoms with E-state index in [0.29, 0.717) is 53.7 Å². The second-order valence-electron chi connectivity index (χ2n) is 10.6. The van der Waals surface area contributed by atoms with E-state index in [9.17, 15) is 22.4 Å². The van der Waals surface area contributed by atoms with Crippen LogP contribution in [0.15, 0.2) is 51.0 Å². The molecule has 0 bridgehead atoms. The van der Waals surface area contributed by atoms with Crippen molar-refractivity contribution in [2.24, 2.45) is 21.1 Å². The third-order valence-corrected chi connectivity index (χ3v) is 7.95. The highest BCUT2D eigenvalue weighted by molar-refractivity contribution is 6.02. The van der Waals surface area contributed by atoms with Crippen LogP contribution >= 0.6 is 0 Å². The smallest absolute Gasteiger partial charge is 0.362 e. The summed E-state index contributed by atoms with van der Waals surface area (Å²) in [5.41, 5.74) is -0.792. The number of hydrogen-bond donors (Lipinski definition) is 1. The summed E-state index contributed by atoms with van der Waals surface area (Å²) in [5, 5.41) is 11.6. The van der Waals surface area contributed by atoms with E-state index in [1.165, 1.54) is 6.07 Å². The maximum Gasteiger partial charge on any atom is 0.400 e. The van der Waals surface area contributed by atoms with Gasteiger partial charge in [-0.15, -0.1) is 0 Å². The standard InChI is InChI=1S/C24H23F4N3O/c1-21(2)10-15-17(16(32)11-21)23(7-6-12-13(23)4-3-5-14(12)25)18-19(30-31-20(18)29-15)22(8-9-22)24(26,27)28/h3-5,20,29H,6-11H2,1-2H3/t20?,23-/m0/s1. The maximum atomic E-state index is 14.8. The van der Waals surface area contributed by atoms with Crippen LogP contribution in [0.5, 0.6) is 0 Å². The Balaban J connectivity index is 1.68. The van der Waals surface area contributed by atoms with Crippen LogP contribution in [0.25, 0.3) is 0 Å². The van der Waals surface area contributed by atoms with Gasteiger partial charge in [-0.3, -0.25) is 4.79 Å². The molecule has 6 rings (SSSR count). The molecule has 0 amide bonds. The van der Waals surface area contributed by atoms with Crippen molar-refractivity contribution >= 4 is 5.78 Å². The minimum atomic E-state index is -4.46. The van der Waals surface area contributed by atoms with E-state index in [1.807, 2.05) is 13.8 Å². The van der Waals surface area contributed by atoms with Gasteiger partial charge in [-0.1, -0.05) is 26.0 Å². The Morgan fingerprint density at radius 2 is 1.88 bits per heavy atom. The summed E-state index contributed by atoms with van der Waals surface area (Å²) in [6.07, 6.45) is -3.71. The average Bonchev–Trinajstić information content (AvgIpc) is 3.27. The highest BCUT2D eigenvalue weighted by atomic mass is 19.4. The number of nitrogens with zero attached hydrogens (tertiary/aromatic N) is 2. The first kappa shape index (κ1) is 20.1. The highest BCUT2D eigenvalue weighted by Crippen LogP contribution is 2.68. The predicted molar refractivity (Wildman–Crippen MR) is 108 cm³/mol. The molecule has 1 unspecified atom stereocenters. The van der Waals surface area contributed by atoms with Crippen molar-refractivity contribution in [3.8, 4) is 0 Å². The zero-order valence-electron chi connectivity index (χ0n) is 17.9. The van der Waals surface area contributed by atoms with Crippen molar-refractivity contribution in [1.29, 1.82) is 0 Å². The van der Waals surface area contributed by atoms with Gasteiger partial charge in [0.1, 0.15) is 11.2 Å². The van der Waals surface area contributed by atoms with E-state index in [4.69, 9.17) is 0 Å². The molecule has 1 saturated carbocycles. The van der Waals surface area contributed by atoms with Crippen LogP contribution in [-0.2, 0) is 16.6 Å². The largest absolute Gasteiger partial charge is 0.400 e. The Kier molecular flexibility index (Phi) is 3.70. The number of nitrogens with one attached hydrogen (secondary N) is 1. The predicted octanol–water partition coefficient (Wildman–Crippen LogP) is 5.64. The van der Waals surface area contributed by atoms with Crippen LogP contribution in [0.2, 0.25) is 0 Å². The number of carbonyl (C=O) groups excluding carboxylic acids is 1. The minimum absolute atomic E-state index is 0.0416. The van der Waals surface area contributed by atoms with Gasteiger partial charge < -0.3 is 5.32 Å². The molecule has 0 saturated heterocycles. The Morgan fingerprint density at radius 3 is 2.56 bits per heavy atom. The summed E-state index contributed by atoms with van der Waals surface area (Å²) in [6, 6.07) is 4.71. The van der Waals surface area contributed by atoms with Gasteiger partial charge in [0, 0.05) is 23.3 Å². The van der Waals surface area contributed by atoms with E-state index in [2.05, 4.69) is 15.5 Å². The van der Waals surface area contributed by atoms with E-state index in [1.54, 1.807) is 12.1 Å². The Labute approximate surface area is 182 Å². The van der Waals surface area contributed by atoms with Crippen LogP contribution in [0.3, 0.4) is 0 Å². The van der Waals surface area contributed by atoms with Gasteiger partial charge in [0.2, 0.25) is 0 Å². The zero-order valence-corrected chi connectivity index (χ0v) is 17.9. The molecule has 168 valence electrons. The van der Waals surface area contributed by atoms with Crippen LogP contribution in [0.4, 0.5) is 17.6 Å². The topological polar surface area (TPSA) is 53.8 Å². The SMILES string of the molecule is CC1(C)CC(=O)C2=C(C1)NC1N=NC(C3(C(F)(F)F)CC3)=C1[C@]21CCc2c(F)cccc21. The van der Waals surface area contributed by atoms with Crippen LogP contribution in [0, 0.1) is 16.6 Å². The summed E-state index contributed by atoms with van der Waals surface area (Å²) < 4.78 is 57.3. The van der Waals surface area contributed by atoms with Crippen molar-refractivity contribution < 1.29 is 22.4 Å². The number of halogens is 4. The highest BCUT2D eigenvalue weighted by Gasteiger charge is 2.70. The fourth-order valence-electron chi connectivity index (χ4n) is 6.46. The number of alkyl halides is 3. The molecule has 2 heterocycles. The van der Waals surface area contributed by atoms with Crippen LogP contribution < -0.4 is 5.32 Å². The number of allylic oxidation sites excluding steroid dienone is 3. The van der Waals surface area contributed by atoms with Gasteiger partial charge in [-0.25, -0.2) is 4.39 Å². The first-order valence-electron chi connectivity index (χ1n) is 11.0. The number of fused-ring (bicyclic) bond motifs is 5. The second-order valence-corrected chi connectivity index (χ2v) is 10.6. The van der Waals surface area contributed by atoms with E-state index < -0.39 is 23.2 Å². The molecule has 3 aliphatic carbocycles. The zero-order chi connectivity index (χ0) is 22.7. The third kappa shape index (κ3) is 2.36. The van der Waals surface area contributed by atoms with Crippen molar-refractivity contribution in [3.63, 3.8) is 0 Å². The van der Waals surface area contributed by atoms with Crippen molar-refractivity contribution in [2.45, 2.75) is 70.1 Å². The van der Waals surface area contributed by atoms with E-state index in [-0.39, 0.29) is 35.6 Å². The molecular weight excluding hydrogens is 422 g/mol. The summed E-state index contributed by atoms with van der Waals surface area (Å²) in [6.45, 7) is 4.00. The quantitative estimate of drug-likeness (QED) is 0.569. The molecule has 1 spiro atoms. The first-order valence-corrected chi connectivity index (χ1v) is 11.0. The first-order chi connectivity index (χ1) is 15.0. The molecule has 2 atom stereocenters. The molecule has 0 radical (unpaired) electrons. The van der Waals surface area contributed by atoms with E-state index >= 15 is 0 Å². The maximum absolute atomic E-state index is 14.8. The average molecular weight is 445 g/mol. The molecule has 4 nitrogen and oxygen atoms in total. The molecule has 1 aromatic rings. The molecule has 0 aromatic heterocycles. The molecule has 5 aliphatic rings. The summed E-state index contributed by atoms with van der Waals surface area (Å²) in [5.74, 6) is -0.471. The van der Waals surface area contributed by atoms with Gasteiger partial charge in [-0.2, -0.15) is 23.4 Å². The molecule has 1 N–H and O–H groups in total. The molecule has 1 fully saturated rings. The third-order valence-electron chi connectivity index (χ3n) is 7.95. The van der Waals surface area contributed by atoms with Gasteiger partial charge in [0.05, 0.1) is 11.1 Å². The van der Waals surface area contributed by atoms with Crippen molar-refractivity contribution in [1.82, 2.24) is 5.32 Å². The number of Topliss-reactive ketones (excluding diaryl/α,β-unsaturated/α-hetero) is 1. The van der Waals surface area contributed by atoms with Gasteiger partial charge in [0.15, 0.2) is 11.9 Å². The number of carbonyl (C=O) groups is 1. The van der Waals surface area contributed by atoms with Gasteiger partial charge in [-0.05, 0) is 54.7 Å². The number of benzene rings is 1.